The molecule has 2 rings (SSSR count). The number of nitrogens with zero attached hydrogens (tertiary/aromatic N) is 2. The van der Waals surface area contributed by atoms with E-state index in [1.165, 1.54) is 24.4 Å². The van der Waals surface area contributed by atoms with Crippen LogP contribution in [0.25, 0.3) is 0 Å². The lowest BCUT2D eigenvalue weighted by Crippen LogP contribution is -1.95. The van der Waals surface area contributed by atoms with Gasteiger partial charge < -0.3 is 10.2 Å². The summed E-state index contributed by atoms with van der Waals surface area (Å²) in [5.41, 5.74) is 3.18. The van der Waals surface area contributed by atoms with Crippen LogP contribution in [0.1, 0.15) is 5.56 Å². The Hall–Kier alpha value is -1.69. The van der Waals surface area contributed by atoms with Crippen molar-refractivity contribution in [1.82, 2.24) is 4.98 Å². The van der Waals surface area contributed by atoms with Crippen molar-refractivity contribution in [1.29, 1.82) is 0 Å². The molecule has 0 saturated heterocycles. The molecule has 3 N–H and O–H groups in total. The van der Waals surface area contributed by atoms with E-state index in [2.05, 4.69) is 15.5 Å². The number of pyridine rings is 1. The first kappa shape index (κ1) is 14.7. The molecule has 0 fully saturated rings. The zero-order chi connectivity index (χ0) is 14.7. The molecule has 5 nitrogen and oxygen atoms in total. The number of phenolic OH excluding ortho intramolecular Hbond substituents is 2. The highest BCUT2D eigenvalue weighted by molar-refractivity contribution is 6.42. The van der Waals surface area contributed by atoms with Crippen molar-refractivity contribution in [2.75, 3.05) is 5.43 Å². The van der Waals surface area contributed by atoms with Crippen LogP contribution in [0.5, 0.6) is 11.5 Å². The second kappa shape index (κ2) is 6.17. The van der Waals surface area contributed by atoms with E-state index in [9.17, 15) is 10.2 Å². The van der Waals surface area contributed by atoms with E-state index in [1.807, 2.05) is 0 Å². The Morgan fingerprint density at radius 3 is 2.50 bits per heavy atom. The predicted molar refractivity (Wildman–Crippen MR) is 80.3 cm³/mol. The van der Waals surface area contributed by atoms with E-state index in [4.69, 9.17) is 34.8 Å². The van der Waals surface area contributed by atoms with Crippen LogP contribution < -0.4 is 5.43 Å². The molecule has 0 unspecified atom stereocenters. The summed E-state index contributed by atoms with van der Waals surface area (Å²) in [6.45, 7) is 0. The first-order valence-corrected chi connectivity index (χ1v) is 6.43. The minimum Gasteiger partial charge on any atom is -0.504 e. The molecule has 2 aromatic rings. The number of benzene rings is 1. The van der Waals surface area contributed by atoms with Crippen molar-refractivity contribution in [3.05, 3.63) is 45.0 Å². The van der Waals surface area contributed by atoms with Gasteiger partial charge in [0.05, 0.1) is 16.3 Å². The number of rotatable bonds is 3. The molecule has 104 valence electrons. The molecule has 0 radical (unpaired) electrons. The van der Waals surface area contributed by atoms with Gasteiger partial charge in [-0.25, -0.2) is 4.98 Å². The van der Waals surface area contributed by atoms with Gasteiger partial charge in [-0.3, -0.25) is 5.43 Å². The van der Waals surface area contributed by atoms with Crippen molar-refractivity contribution in [3.8, 4) is 11.5 Å². The molecule has 8 heteroatoms. The van der Waals surface area contributed by atoms with E-state index in [0.29, 0.717) is 5.56 Å². The van der Waals surface area contributed by atoms with Gasteiger partial charge in [0, 0.05) is 0 Å². The second-order valence-electron chi connectivity index (χ2n) is 3.71. The number of hydrogen-bond donors (Lipinski definition) is 3. The van der Waals surface area contributed by atoms with E-state index >= 15 is 0 Å². The summed E-state index contributed by atoms with van der Waals surface area (Å²) in [4.78, 5) is 3.92. The Morgan fingerprint density at radius 1 is 1.05 bits per heavy atom. The molecule has 0 aliphatic carbocycles. The number of hydrogen-bond acceptors (Lipinski definition) is 5. The predicted octanol–water partition coefficient (Wildman–Crippen LogP) is 3.90. The van der Waals surface area contributed by atoms with Crippen LogP contribution in [0, 0.1) is 0 Å². The number of nitrogens with one attached hydrogen (secondary N) is 1. The summed E-state index contributed by atoms with van der Waals surface area (Å²) >= 11 is 17.4. The summed E-state index contributed by atoms with van der Waals surface area (Å²) in [5, 5.41) is 23.0. The standard InChI is InChI=1S/C12H8Cl3N3O2/c13-7-4-8(14)12(17-11(7)15)18-16-5-6-1-2-9(19)10(20)3-6/h1-5,19-20H,(H,17,18)/b16-5+. The first-order chi connectivity index (χ1) is 9.47. The number of halogens is 3. The highest BCUT2D eigenvalue weighted by Gasteiger charge is 2.06. The highest BCUT2D eigenvalue weighted by Crippen LogP contribution is 2.29. The summed E-state index contributed by atoms with van der Waals surface area (Å²) < 4.78 is 0. The molecule has 1 aromatic carbocycles. The Kier molecular flexibility index (Phi) is 4.54. The van der Waals surface area contributed by atoms with E-state index in [-0.39, 0.29) is 32.5 Å². The number of phenols is 2. The fourth-order valence-electron chi connectivity index (χ4n) is 1.31. The average molecular weight is 333 g/mol. The van der Waals surface area contributed by atoms with Crippen LogP contribution in [0.15, 0.2) is 29.4 Å². The highest BCUT2D eigenvalue weighted by atomic mass is 35.5. The summed E-state index contributed by atoms with van der Waals surface area (Å²) in [6.07, 6.45) is 1.42. The van der Waals surface area contributed by atoms with E-state index in [1.54, 1.807) is 6.07 Å². The lowest BCUT2D eigenvalue weighted by Gasteiger charge is -2.04. The third-order valence-corrected chi connectivity index (χ3v) is 3.23. The van der Waals surface area contributed by atoms with Crippen molar-refractivity contribution in [2.45, 2.75) is 0 Å². The molecule has 0 atom stereocenters. The number of aromatic hydroxyl groups is 2. The fourth-order valence-corrected chi connectivity index (χ4v) is 1.85. The molecule has 0 aliphatic rings. The Bertz CT molecular complexity index is 677. The van der Waals surface area contributed by atoms with E-state index in [0.717, 1.165) is 0 Å². The minimum absolute atomic E-state index is 0.107. The van der Waals surface area contributed by atoms with Crippen molar-refractivity contribution in [2.24, 2.45) is 5.10 Å². The Labute approximate surface area is 129 Å². The van der Waals surface area contributed by atoms with Gasteiger partial charge in [0.1, 0.15) is 5.15 Å². The topological polar surface area (TPSA) is 77.7 Å². The van der Waals surface area contributed by atoms with Gasteiger partial charge in [-0.15, -0.1) is 0 Å². The SMILES string of the molecule is Oc1ccc(/C=N/Nc2nc(Cl)c(Cl)cc2Cl)cc1O. The molecule has 0 bridgehead atoms. The fraction of sp³-hybridized carbons (Fsp3) is 0. The molecular weight excluding hydrogens is 325 g/mol. The van der Waals surface area contributed by atoms with Crippen LogP contribution in [-0.2, 0) is 0 Å². The monoisotopic (exact) mass is 331 g/mol. The zero-order valence-corrected chi connectivity index (χ0v) is 12.1. The lowest BCUT2D eigenvalue weighted by atomic mass is 10.2. The van der Waals surface area contributed by atoms with Crippen LogP contribution in [0.3, 0.4) is 0 Å². The second-order valence-corrected chi connectivity index (χ2v) is 4.88. The molecule has 0 saturated carbocycles. The lowest BCUT2D eigenvalue weighted by molar-refractivity contribution is 0.403. The summed E-state index contributed by atoms with van der Waals surface area (Å²) in [5.74, 6) is -0.190. The maximum atomic E-state index is 9.33. The van der Waals surface area contributed by atoms with Crippen molar-refractivity contribution in [3.63, 3.8) is 0 Å². The summed E-state index contributed by atoms with van der Waals surface area (Å²) in [6, 6.07) is 5.72. The number of aromatic nitrogens is 1. The molecule has 0 aliphatic heterocycles. The summed E-state index contributed by atoms with van der Waals surface area (Å²) in [7, 11) is 0. The van der Waals surface area contributed by atoms with Gasteiger partial charge >= 0.3 is 0 Å². The van der Waals surface area contributed by atoms with Gasteiger partial charge in [-0.1, -0.05) is 34.8 Å². The maximum absolute atomic E-state index is 9.33. The average Bonchev–Trinajstić information content (AvgIpc) is 2.39. The molecule has 0 spiro atoms. The third-order valence-electron chi connectivity index (χ3n) is 2.27. The Morgan fingerprint density at radius 2 is 1.80 bits per heavy atom. The van der Waals surface area contributed by atoms with Crippen LogP contribution in [-0.4, -0.2) is 21.4 Å². The zero-order valence-electron chi connectivity index (χ0n) is 9.81. The van der Waals surface area contributed by atoms with Gasteiger partial charge in [0.15, 0.2) is 17.3 Å². The normalized spacial score (nSPS) is 10.9. The third kappa shape index (κ3) is 3.45. The Balaban J connectivity index is 2.13. The van der Waals surface area contributed by atoms with Crippen LogP contribution >= 0.6 is 34.8 Å². The van der Waals surface area contributed by atoms with Gasteiger partial charge in [-0.2, -0.15) is 5.10 Å². The smallest absolute Gasteiger partial charge is 0.166 e. The number of anilines is 1. The molecule has 1 aromatic heterocycles. The minimum atomic E-state index is -0.236. The maximum Gasteiger partial charge on any atom is 0.166 e. The van der Waals surface area contributed by atoms with E-state index < -0.39 is 0 Å². The quantitative estimate of drug-likeness (QED) is 0.345. The number of hydrazone groups is 1. The van der Waals surface area contributed by atoms with Gasteiger partial charge in [0.2, 0.25) is 0 Å². The van der Waals surface area contributed by atoms with Crippen molar-refractivity contribution >= 4 is 46.8 Å². The molecule has 20 heavy (non-hydrogen) atoms. The van der Waals surface area contributed by atoms with Crippen LogP contribution in [0.2, 0.25) is 15.2 Å². The van der Waals surface area contributed by atoms with Crippen molar-refractivity contribution < 1.29 is 10.2 Å². The van der Waals surface area contributed by atoms with Gasteiger partial charge in [0.25, 0.3) is 0 Å². The van der Waals surface area contributed by atoms with Gasteiger partial charge in [-0.05, 0) is 29.8 Å². The molecular formula is C12H8Cl3N3O2. The first-order valence-electron chi connectivity index (χ1n) is 5.30. The van der Waals surface area contributed by atoms with Crippen LogP contribution in [0.4, 0.5) is 5.82 Å². The largest absolute Gasteiger partial charge is 0.504 e. The molecule has 1 heterocycles. The molecule has 0 amide bonds.